The molecular weight excluding hydrogens is 226 g/mol. The van der Waals surface area contributed by atoms with Crippen LogP contribution < -0.4 is 4.74 Å². The Morgan fingerprint density at radius 1 is 1.06 bits per heavy atom. The second-order valence-electron chi connectivity index (χ2n) is 3.85. The summed E-state index contributed by atoms with van der Waals surface area (Å²) >= 11 is 0. The van der Waals surface area contributed by atoms with Gasteiger partial charge in [-0.05, 0) is 25.1 Å². The minimum absolute atomic E-state index is 0.262. The Kier molecular flexibility index (Phi) is 3.90. The first-order valence-corrected chi connectivity index (χ1v) is 5.70. The van der Waals surface area contributed by atoms with E-state index >= 15 is 0 Å². The molecule has 0 N–H and O–H groups in total. The Balaban J connectivity index is 2.31. The second kappa shape index (κ2) is 5.80. The van der Waals surface area contributed by atoms with E-state index in [2.05, 4.69) is 4.99 Å². The standard InChI is InChI=1S/C15H13NO2/c1-12(16-11-17)14-9-5-6-10-15(14)18-13-7-3-2-4-8-13/h2-10,12H,1H3. The molecule has 0 fully saturated rings. The molecule has 0 heterocycles. The van der Waals surface area contributed by atoms with Crippen LogP contribution in [0, 0.1) is 0 Å². The van der Waals surface area contributed by atoms with Crippen molar-refractivity contribution in [3.8, 4) is 11.5 Å². The Labute approximate surface area is 106 Å². The number of ether oxygens (including phenoxy) is 1. The number of hydrogen-bond acceptors (Lipinski definition) is 3. The molecule has 90 valence electrons. The predicted octanol–water partition coefficient (Wildman–Crippen LogP) is 3.88. The first-order chi connectivity index (χ1) is 8.81. The van der Waals surface area contributed by atoms with Gasteiger partial charge in [0.2, 0.25) is 6.08 Å². The van der Waals surface area contributed by atoms with Crippen LogP contribution >= 0.6 is 0 Å². The molecule has 0 aliphatic rings. The molecule has 0 aromatic heterocycles. The van der Waals surface area contributed by atoms with Gasteiger partial charge in [0.25, 0.3) is 0 Å². The van der Waals surface area contributed by atoms with Gasteiger partial charge in [0.15, 0.2) is 0 Å². The Hall–Kier alpha value is -2.38. The number of benzene rings is 2. The Bertz CT molecular complexity index is 560. The molecule has 3 nitrogen and oxygen atoms in total. The summed E-state index contributed by atoms with van der Waals surface area (Å²) in [6.45, 7) is 1.83. The van der Waals surface area contributed by atoms with E-state index in [9.17, 15) is 4.79 Å². The highest BCUT2D eigenvalue weighted by atomic mass is 16.5. The fourth-order valence-electron chi connectivity index (χ4n) is 1.68. The maximum Gasteiger partial charge on any atom is 0.235 e. The minimum atomic E-state index is -0.262. The third kappa shape index (κ3) is 2.84. The zero-order valence-electron chi connectivity index (χ0n) is 10.0. The van der Waals surface area contributed by atoms with Gasteiger partial charge < -0.3 is 4.74 Å². The van der Waals surface area contributed by atoms with Crippen molar-refractivity contribution < 1.29 is 9.53 Å². The largest absolute Gasteiger partial charge is 0.457 e. The number of nitrogens with zero attached hydrogens (tertiary/aromatic N) is 1. The van der Waals surface area contributed by atoms with Gasteiger partial charge in [0.1, 0.15) is 11.5 Å². The maximum absolute atomic E-state index is 10.3. The topological polar surface area (TPSA) is 38.7 Å². The van der Waals surface area contributed by atoms with Crippen molar-refractivity contribution in [3.63, 3.8) is 0 Å². The summed E-state index contributed by atoms with van der Waals surface area (Å²) in [5.74, 6) is 1.46. The summed E-state index contributed by atoms with van der Waals surface area (Å²) in [5.41, 5.74) is 0.865. The van der Waals surface area contributed by atoms with E-state index in [1.165, 1.54) is 0 Å². The fraction of sp³-hybridized carbons (Fsp3) is 0.133. The molecule has 18 heavy (non-hydrogen) atoms. The lowest BCUT2D eigenvalue weighted by Crippen LogP contribution is -1.94. The van der Waals surface area contributed by atoms with Crippen LogP contribution in [0.25, 0.3) is 0 Å². The van der Waals surface area contributed by atoms with Gasteiger partial charge in [-0.1, -0.05) is 36.4 Å². The van der Waals surface area contributed by atoms with Crippen LogP contribution in [-0.4, -0.2) is 6.08 Å². The smallest absolute Gasteiger partial charge is 0.235 e. The summed E-state index contributed by atoms with van der Waals surface area (Å²) in [7, 11) is 0. The van der Waals surface area contributed by atoms with Gasteiger partial charge >= 0.3 is 0 Å². The van der Waals surface area contributed by atoms with Gasteiger partial charge in [0.05, 0.1) is 6.04 Å². The first kappa shape index (κ1) is 12.1. The molecule has 0 radical (unpaired) electrons. The highest BCUT2D eigenvalue weighted by Gasteiger charge is 2.10. The number of rotatable bonds is 4. The monoisotopic (exact) mass is 239 g/mol. The van der Waals surface area contributed by atoms with E-state index in [4.69, 9.17) is 4.74 Å². The van der Waals surface area contributed by atoms with Crippen molar-refractivity contribution in [2.45, 2.75) is 13.0 Å². The third-order valence-electron chi connectivity index (χ3n) is 2.59. The molecule has 0 saturated carbocycles. The van der Waals surface area contributed by atoms with Crippen molar-refractivity contribution in [3.05, 3.63) is 60.2 Å². The van der Waals surface area contributed by atoms with Crippen molar-refractivity contribution in [2.75, 3.05) is 0 Å². The molecule has 2 rings (SSSR count). The van der Waals surface area contributed by atoms with Crippen LogP contribution in [0.1, 0.15) is 18.5 Å². The molecular formula is C15H13NO2. The van der Waals surface area contributed by atoms with Gasteiger partial charge in [0, 0.05) is 5.56 Å². The van der Waals surface area contributed by atoms with Gasteiger partial charge in [-0.15, -0.1) is 0 Å². The molecule has 0 saturated heterocycles. The van der Waals surface area contributed by atoms with Crippen molar-refractivity contribution in [1.82, 2.24) is 0 Å². The normalized spacial score (nSPS) is 11.4. The molecule has 0 amide bonds. The summed E-state index contributed by atoms with van der Waals surface area (Å²) < 4.78 is 5.79. The predicted molar refractivity (Wildman–Crippen MR) is 69.5 cm³/mol. The summed E-state index contributed by atoms with van der Waals surface area (Å²) in [4.78, 5) is 14.0. The van der Waals surface area contributed by atoms with E-state index in [0.29, 0.717) is 5.75 Å². The van der Waals surface area contributed by atoms with Crippen LogP contribution in [0.4, 0.5) is 0 Å². The fourth-order valence-corrected chi connectivity index (χ4v) is 1.68. The van der Waals surface area contributed by atoms with E-state index in [0.717, 1.165) is 11.3 Å². The number of para-hydroxylation sites is 2. The Morgan fingerprint density at radius 3 is 2.44 bits per heavy atom. The van der Waals surface area contributed by atoms with E-state index in [1.807, 2.05) is 61.5 Å². The lowest BCUT2D eigenvalue weighted by Gasteiger charge is -2.12. The average molecular weight is 239 g/mol. The van der Waals surface area contributed by atoms with Crippen molar-refractivity contribution >= 4 is 6.08 Å². The van der Waals surface area contributed by atoms with E-state index < -0.39 is 0 Å². The Morgan fingerprint density at radius 2 is 1.72 bits per heavy atom. The highest BCUT2D eigenvalue weighted by Crippen LogP contribution is 2.30. The molecule has 1 unspecified atom stereocenters. The highest BCUT2D eigenvalue weighted by molar-refractivity contribution is 5.42. The lowest BCUT2D eigenvalue weighted by atomic mass is 10.1. The molecule has 3 heteroatoms. The molecule has 1 atom stereocenters. The summed E-state index contributed by atoms with van der Waals surface area (Å²) in [5, 5.41) is 0. The molecule has 0 bridgehead atoms. The van der Waals surface area contributed by atoms with Gasteiger partial charge in [-0.25, -0.2) is 4.79 Å². The summed E-state index contributed by atoms with van der Waals surface area (Å²) in [6.07, 6.45) is 1.58. The van der Waals surface area contributed by atoms with Gasteiger partial charge in [-0.2, -0.15) is 4.99 Å². The average Bonchev–Trinajstić information content (AvgIpc) is 2.41. The zero-order chi connectivity index (χ0) is 12.8. The van der Waals surface area contributed by atoms with E-state index in [1.54, 1.807) is 6.08 Å². The molecule has 2 aromatic carbocycles. The van der Waals surface area contributed by atoms with Crippen LogP contribution in [0.2, 0.25) is 0 Å². The van der Waals surface area contributed by atoms with Crippen molar-refractivity contribution in [2.24, 2.45) is 4.99 Å². The lowest BCUT2D eigenvalue weighted by molar-refractivity contribution is 0.472. The zero-order valence-corrected chi connectivity index (χ0v) is 10.0. The second-order valence-corrected chi connectivity index (χ2v) is 3.85. The van der Waals surface area contributed by atoms with Crippen LogP contribution in [0.3, 0.4) is 0 Å². The quantitative estimate of drug-likeness (QED) is 0.600. The molecule has 0 spiro atoms. The van der Waals surface area contributed by atoms with Crippen LogP contribution in [0.5, 0.6) is 11.5 Å². The number of isocyanates is 1. The minimum Gasteiger partial charge on any atom is -0.457 e. The third-order valence-corrected chi connectivity index (χ3v) is 2.59. The van der Waals surface area contributed by atoms with Crippen LogP contribution in [0.15, 0.2) is 59.6 Å². The summed E-state index contributed by atoms with van der Waals surface area (Å²) in [6, 6.07) is 16.8. The number of hydrogen-bond donors (Lipinski definition) is 0. The molecule has 0 aliphatic carbocycles. The molecule has 0 aliphatic heterocycles. The number of aliphatic imine (C=N–C) groups is 1. The maximum atomic E-state index is 10.3. The van der Waals surface area contributed by atoms with E-state index in [-0.39, 0.29) is 6.04 Å². The SMILES string of the molecule is CC(N=C=O)c1ccccc1Oc1ccccc1. The first-order valence-electron chi connectivity index (χ1n) is 5.70. The number of carbonyl (C=O) groups excluding carboxylic acids is 1. The van der Waals surface area contributed by atoms with Crippen molar-refractivity contribution in [1.29, 1.82) is 0 Å². The molecule has 2 aromatic rings. The van der Waals surface area contributed by atoms with Crippen LogP contribution in [-0.2, 0) is 4.79 Å². The van der Waals surface area contributed by atoms with Gasteiger partial charge in [-0.3, -0.25) is 0 Å².